The van der Waals surface area contributed by atoms with Crippen molar-refractivity contribution < 1.29 is 4.21 Å². The van der Waals surface area contributed by atoms with Crippen LogP contribution in [0, 0.1) is 20.8 Å². The second kappa shape index (κ2) is 7.17. The number of aryl methyl sites for hydroxylation is 3. The molecule has 0 saturated heterocycles. The third kappa shape index (κ3) is 3.61. The zero-order chi connectivity index (χ0) is 17.3. The van der Waals surface area contributed by atoms with E-state index in [0.29, 0.717) is 16.7 Å². The van der Waals surface area contributed by atoms with Crippen LogP contribution in [0.5, 0.6) is 0 Å². The van der Waals surface area contributed by atoms with Crippen LogP contribution in [-0.4, -0.2) is 19.0 Å². The van der Waals surface area contributed by atoms with Crippen molar-refractivity contribution in [1.29, 1.82) is 0 Å². The molecule has 24 heavy (non-hydrogen) atoms. The highest BCUT2D eigenvalue weighted by atomic mass is 35.5. The minimum Gasteiger partial charge on any atom is -0.259 e. The van der Waals surface area contributed by atoms with Gasteiger partial charge in [-0.15, -0.1) is 11.3 Å². The monoisotopic (exact) mass is 379 g/mol. The van der Waals surface area contributed by atoms with Gasteiger partial charge in [-0.3, -0.25) is 4.21 Å². The molecular weight excluding hydrogens is 362 g/mol. The molecular formula is C17H18ClN3OS2. The van der Waals surface area contributed by atoms with E-state index in [9.17, 15) is 4.21 Å². The van der Waals surface area contributed by atoms with Gasteiger partial charge in [-0.05, 0) is 32.9 Å². The molecule has 2 aromatic heterocycles. The van der Waals surface area contributed by atoms with Crippen molar-refractivity contribution in [1.82, 2.24) is 14.8 Å². The van der Waals surface area contributed by atoms with Gasteiger partial charge in [-0.1, -0.05) is 29.8 Å². The number of halogens is 1. The van der Waals surface area contributed by atoms with Gasteiger partial charge < -0.3 is 0 Å². The van der Waals surface area contributed by atoms with E-state index >= 15 is 0 Å². The van der Waals surface area contributed by atoms with Gasteiger partial charge in [0.25, 0.3) is 0 Å². The lowest BCUT2D eigenvalue weighted by Crippen LogP contribution is -2.01. The van der Waals surface area contributed by atoms with Gasteiger partial charge in [-0.2, -0.15) is 5.10 Å². The van der Waals surface area contributed by atoms with Crippen LogP contribution in [0.15, 0.2) is 30.3 Å². The van der Waals surface area contributed by atoms with E-state index in [1.54, 1.807) is 16.0 Å². The molecule has 0 bridgehead atoms. The summed E-state index contributed by atoms with van der Waals surface area (Å²) in [5.41, 5.74) is 3.53. The third-order valence-electron chi connectivity index (χ3n) is 3.72. The largest absolute Gasteiger partial charge is 0.259 e. The molecule has 0 radical (unpaired) electrons. The van der Waals surface area contributed by atoms with Crippen molar-refractivity contribution in [3.63, 3.8) is 0 Å². The highest BCUT2D eigenvalue weighted by Crippen LogP contribution is 2.26. The zero-order valence-corrected chi connectivity index (χ0v) is 16.1. The molecule has 0 saturated carbocycles. The Kier molecular flexibility index (Phi) is 5.18. The van der Waals surface area contributed by atoms with E-state index in [-0.39, 0.29) is 0 Å². The van der Waals surface area contributed by atoms with Gasteiger partial charge >= 0.3 is 0 Å². The van der Waals surface area contributed by atoms with Gasteiger partial charge in [0, 0.05) is 21.2 Å². The Hall–Kier alpha value is -1.50. The van der Waals surface area contributed by atoms with Crippen molar-refractivity contribution in [3.05, 3.63) is 62.3 Å². The smallest absolute Gasteiger partial charge is 0.137 e. The number of hydrogen-bond donors (Lipinski definition) is 0. The Morgan fingerprint density at radius 3 is 2.46 bits per heavy atom. The van der Waals surface area contributed by atoms with Crippen LogP contribution >= 0.6 is 22.9 Å². The van der Waals surface area contributed by atoms with E-state index < -0.39 is 10.8 Å². The molecule has 1 atom stereocenters. The lowest BCUT2D eigenvalue weighted by molar-refractivity contribution is 0.682. The van der Waals surface area contributed by atoms with Crippen molar-refractivity contribution in [2.45, 2.75) is 32.3 Å². The summed E-state index contributed by atoms with van der Waals surface area (Å²) in [4.78, 5) is 5.47. The first kappa shape index (κ1) is 17.3. The molecule has 0 aliphatic heterocycles. The first-order chi connectivity index (χ1) is 11.5. The van der Waals surface area contributed by atoms with Crippen molar-refractivity contribution in [2.75, 3.05) is 0 Å². The fraction of sp³-hybridized carbons (Fsp3) is 0.294. The molecule has 0 aliphatic carbocycles. The van der Waals surface area contributed by atoms with Crippen LogP contribution in [-0.2, 0) is 22.3 Å². The SMILES string of the molecule is Cc1nc(C)c(C[S@](=O)Cc2c(C)nn(-c3ccccc3)c2Cl)s1. The maximum Gasteiger partial charge on any atom is 0.137 e. The third-order valence-corrected chi connectivity index (χ3v) is 6.58. The average Bonchev–Trinajstić information content (AvgIpc) is 3.01. The Labute approximate surface area is 153 Å². The van der Waals surface area contributed by atoms with Crippen LogP contribution in [0.25, 0.3) is 5.69 Å². The van der Waals surface area contributed by atoms with Gasteiger partial charge in [0.15, 0.2) is 0 Å². The highest BCUT2D eigenvalue weighted by Gasteiger charge is 2.18. The summed E-state index contributed by atoms with van der Waals surface area (Å²) in [5.74, 6) is 0.900. The maximum absolute atomic E-state index is 12.6. The fourth-order valence-corrected chi connectivity index (χ4v) is 5.55. The standard InChI is InChI=1S/C17H18ClN3OS2/c1-11-15(9-24(22)10-16-12(2)19-13(3)23-16)17(18)21(20-11)14-7-5-4-6-8-14/h4-8H,9-10H2,1-3H3/t24-/m1/s1. The summed E-state index contributed by atoms with van der Waals surface area (Å²) in [6.07, 6.45) is 0. The van der Waals surface area contributed by atoms with Crippen LogP contribution < -0.4 is 0 Å². The summed E-state index contributed by atoms with van der Waals surface area (Å²) in [6.45, 7) is 5.83. The van der Waals surface area contributed by atoms with Crippen LogP contribution in [0.2, 0.25) is 5.15 Å². The molecule has 126 valence electrons. The van der Waals surface area contributed by atoms with Crippen LogP contribution in [0.1, 0.15) is 26.8 Å². The predicted molar refractivity (Wildman–Crippen MR) is 100 cm³/mol. The molecule has 4 nitrogen and oxygen atoms in total. The summed E-state index contributed by atoms with van der Waals surface area (Å²) < 4.78 is 14.3. The lowest BCUT2D eigenvalue weighted by atomic mass is 10.3. The Bertz CT molecular complexity index is 887. The van der Waals surface area contributed by atoms with Gasteiger partial charge in [-0.25, -0.2) is 9.67 Å². The number of para-hydroxylation sites is 1. The second-order valence-electron chi connectivity index (χ2n) is 5.57. The first-order valence-corrected chi connectivity index (χ1v) is 10.2. The minimum atomic E-state index is -1.05. The Morgan fingerprint density at radius 2 is 1.83 bits per heavy atom. The molecule has 0 N–H and O–H groups in total. The molecule has 0 aliphatic rings. The number of thiazole rings is 1. The summed E-state index contributed by atoms with van der Waals surface area (Å²) in [6, 6.07) is 9.72. The van der Waals surface area contributed by atoms with Crippen molar-refractivity contribution >= 4 is 33.7 Å². The number of rotatable bonds is 5. The molecule has 7 heteroatoms. The number of benzene rings is 1. The van der Waals surface area contributed by atoms with E-state index in [2.05, 4.69) is 10.1 Å². The van der Waals surface area contributed by atoms with Crippen molar-refractivity contribution in [2.24, 2.45) is 0 Å². The molecule has 3 rings (SSSR count). The van der Waals surface area contributed by atoms with Gasteiger partial charge in [0.1, 0.15) is 5.15 Å². The van der Waals surface area contributed by atoms with E-state index in [1.165, 1.54) is 0 Å². The van der Waals surface area contributed by atoms with Crippen molar-refractivity contribution in [3.8, 4) is 5.69 Å². The average molecular weight is 380 g/mol. The highest BCUT2D eigenvalue weighted by molar-refractivity contribution is 7.83. The van der Waals surface area contributed by atoms with E-state index in [1.807, 2.05) is 51.1 Å². The summed E-state index contributed by atoms with van der Waals surface area (Å²) in [7, 11) is -1.05. The number of hydrogen-bond acceptors (Lipinski definition) is 4. The van der Waals surface area contributed by atoms with Crippen LogP contribution in [0.3, 0.4) is 0 Å². The molecule has 0 spiro atoms. The van der Waals surface area contributed by atoms with Crippen LogP contribution in [0.4, 0.5) is 0 Å². The molecule has 3 aromatic rings. The summed E-state index contributed by atoms with van der Waals surface area (Å²) in [5, 5.41) is 6.04. The second-order valence-corrected chi connectivity index (χ2v) is 8.67. The molecule has 0 fully saturated rings. The topological polar surface area (TPSA) is 47.8 Å². The Morgan fingerprint density at radius 1 is 1.12 bits per heavy atom. The van der Waals surface area contributed by atoms with E-state index in [0.717, 1.165) is 32.5 Å². The first-order valence-electron chi connectivity index (χ1n) is 7.53. The predicted octanol–water partition coefficient (Wildman–Crippen LogP) is 4.36. The number of aromatic nitrogens is 3. The number of nitrogens with zero attached hydrogens (tertiary/aromatic N) is 3. The molecule has 0 amide bonds. The quantitative estimate of drug-likeness (QED) is 0.661. The van der Waals surface area contributed by atoms with E-state index in [4.69, 9.17) is 11.6 Å². The van der Waals surface area contributed by atoms with Gasteiger partial charge in [0.05, 0.1) is 33.6 Å². The minimum absolute atomic E-state index is 0.397. The fourth-order valence-electron chi connectivity index (χ4n) is 2.50. The Balaban J connectivity index is 1.82. The molecule has 1 aromatic carbocycles. The normalized spacial score (nSPS) is 12.5. The summed E-state index contributed by atoms with van der Waals surface area (Å²) >= 11 is 8.11. The zero-order valence-electron chi connectivity index (χ0n) is 13.7. The maximum atomic E-state index is 12.6. The molecule has 0 unspecified atom stereocenters. The molecule has 2 heterocycles. The lowest BCUT2D eigenvalue weighted by Gasteiger charge is -2.04. The van der Waals surface area contributed by atoms with Gasteiger partial charge in [0.2, 0.25) is 0 Å².